The van der Waals surface area contributed by atoms with Gasteiger partial charge in [-0.2, -0.15) is 0 Å². The molecular formula is C17H14Cl2N2O2. The molecule has 6 heteroatoms. The summed E-state index contributed by atoms with van der Waals surface area (Å²) in [5.41, 5.74) is 1.47. The van der Waals surface area contributed by atoms with Crippen LogP contribution in [0.2, 0.25) is 10.0 Å². The van der Waals surface area contributed by atoms with Crippen LogP contribution in [0.4, 0.5) is 5.69 Å². The Bertz CT molecular complexity index is 756. The van der Waals surface area contributed by atoms with E-state index < -0.39 is 0 Å². The van der Waals surface area contributed by atoms with Gasteiger partial charge in [-0.25, -0.2) is 0 Å². The summed E-state index contributed by atoms with van der Waals surface area (Å²) in [6, 6.07) is 11.6. The smallest absolute Gasteiger partial charge is 0.255 e. The van der Waals surface area contributed by atoms with Crippen molar-refractivity contribution < 1.29 is 9.59 Å². The molecule has 0 unspecified atom stereocenters. The first-order valence-corrected chi connectivity index (χ1v) is 7.96. The maximum atomic E-state index is 12.2. The molecule has 2 N–H and O–H groups in total. The zero-order chi connectivity index (χ0) is 16.4. The van der Waals surface area contributed by atoms with Gasteiger partial charge in [0.2, 0.25) is 0 Å². The summed E-state index contributed by atoms with van der Waals surface area (Å²) in [6.07, 6.45) is 2.07. The summed E-state index contributed by atoms with van der Waals surface area (Å²) in [6.45, 7) is 0. The van der Waals surface area contributed by atoms with Gasteiger partial charge in [0.05, 0.1) is 10.7 Å². The SMILES string of the molecule is O=C(Nc1ccc(Cl)cc1Cl)c1ccc(C(=O)NC2CC2)cc1. The van der Waals surface area contributed by atoms with E-state index in [2.05, 4.69) is 10.6 Å². The van der Waals surface area contributed by atoms with E-state index in [0.29, 0.717) is 32.9 Å². The number of anilines is 1. The summed E-state index contributed by atoms with van der Waals surface area (Å²) in [5, 5.41) is 6.48. The number of amides is 2. The highest BCUT2D eigenvalue weighted by atomic mass is 35.5. The van der Waals surface area contributed by atoms with Crippen molar-refractivity contribution in [1.29, 1.82) is 0 Å². The van der Waals surface area contributed by atoms with Crippen LogP contribution in [-0.2, 0) is 0 Å². The molecule has 1 aliphatic rings. The molecule has 0 aliphatic heterocycles. The molecule has 2 aromatic carbocycles. The monoisotopic (exact) mass is 348 g/mol. The van der Waals surface area contributed by atoms with E-state index in [-0.39, 0.29) is 11.8 Å². The van der Waals surface area contributed by atoms with E-state index in [1.54, 1.807) is 42.5 Å². The minimum Gasteiger partial charge on any atom is -0.349 e. The lowest BCUT2D eigenvalue weighted by Gasteiger charge is -2.08. The van der Waals surface area contributed by atoms with Gasteiger partial charge in [0.15, 0.2) is 0 Å². The number of carbonyl (C=O) groups is 2. The standard InChI is InChI=1S/C17H14Cl2N2O2/c18-12-5-8-15(14(19)9-12)21-17(23)11-3-1-10(2-4-11)16(22)20-13-6-7-13/h1-5,8-9,13H,6-7H2,(H,20,22)(H,21,23). The fourth-order valence-electron chi connectivity index (χ4n) is 2.05. The third-order valence-corrected chi connectivity index (χ3v) is 4.05. The predicted octanol–water partition coefficient (Wildman–Crippen LogP) is 4.14. The Balaban J connectivity index is 1.68. The van der Waals surface area contributed by atoms with Gasteiger partial charge in [-0.05, 0) is 55.3 Å². The molecule has 4 nitrogen and oxygen atoms in total. The first-order chi connectivity index (χ1) is 11.0. The summed E-state index contributed by atoms with van der Waals surface area (Å²) in [4.78, 5) is 24.1. The minimum atomic E-state index is -0.302. The third-order valence-electron chi connectivity index (χ3n) is 3.50. The highest BCUT2D eigenvalue weighted by Crippen LogP contribution is 2.26. The average Bonchev–Trinajstić information content (AvgIpc) is 3.34. The van der Waals surface area contributed by atoms with Crippen LogP contribution < -0.4 is 10.6 Å². The molecule has 0 bridgehead atoms. The molecule has 0 aromatic heterocycles. The Labute approximate surface area is 143 Å². The second-order valence-corrected chi connectivity index (χ2v) is 6.25. The molecule has 1 aliphatic carbocycles. The van der Waals surface area contributed by atoms with Crippen molar-refractivity contribution >= 4 is 40.7 Å². The molecule has 118 valence electrons. The quantitative estimate of drug-likeness (QED) is 0.872. The number of halogens is 2. The Hall–Kier alpha value is -2.04. The molecule has 1 saturated carbocycles. The number of hydrogen-bond acceptors (Lipinski definition) is 2. The van der Waals surface area contributed by atoms with Gasteiger partial charge in [-0.1, -0.05) is 23.2 Å². The Kier molecular flexibility index (Phi) is 4.55. The van der Waals surface area contributed by atoms with Gasteiger partial charge < -0.3 is 10.6 Å². The first kappa shape index (κ1) is 15.8. The van der Waals surface area contributed by atoms with Crippen molar-refractivity contribution in [2.45, 2.75) is 18.9 Å². The molecule has 3 rings (SSSR count). The maximum absolute atomic E-state index is 12.2. The molecule has 0 spiro atoms. The van der Waals surface area contributed by atoms with Crippen molar-refractivity contribution in [2.75, 3.05) is 5.32 Å². The number of rotatable bonds is 4. The Morgan fingerprint density at radius 2 is 1.52 bits per heavy atom. The second kappa shape index (κ2) is 6.60. The molecule has 0 heterocycles. The lowest BCUT2D eigenvalue weighted by atomic mass is 10.1. The van der Waals surface area contributed by atoms with E-state index in [9.17, 15) is 9.59 Å². The topological polar surface area (TPSA) is 58.2 Å². The van der Waals surface area contributed by atoms with Gasteiger partial charge in [0, 0.05) is 22.2 Å². The van der Waals surface area contributed by atoms with Gasteiger partial charge >= 0.3 is 0 Å². The summed E-state index contributed by atoms with van der Waals surface area (Å²) < 4.78 is 0. The van der Waals surface area contributed by atoms with Crippen LogP contribution in [0.3, 0.4) is 0 Å². The summed E-state index contributed by atoms with van der Waals surface area (Å²) in [7, 11) is 0. The highest BCUT2D eigenvalue weighted by molar-refractivity contribution is 6.36. The zero-order valence-electron chi connectivity index (χ0n) is 12.1. The van der Waals surface area contributed by atoms with Crippen LogP contribution in [0.1, 0.15) is 33.6 Å². The van der Waals surface area contributed by atoms with Crippen LogP contribution in [0.5, 0.6) is 0 Å². The molecule has 2 amide bonds. The lowest BCUT2D eigenvalue weighted by Crippen LogP contribution is -2.25. The number of benzene rings is 2. The van der Waals surface area contributed by atoms with E-state index in [0.717, 1.165) is 12.8 Å². The maximum Gasteiger partial charge on any atom is 0.255 e. The number of carbonyl (C=O) groups excluding carboxylic acids is 2. The van der Waals surface area contributed by atoms with Crippen LogP contribution in [-0.4, -0.2) is 17.9 Å². The van der Waals surface area contributed by atoms with Crippen molar-refractivity contribution in [2.24, 2.45) is 0 Å². The molecule has 0 saturated heterocycles. The van der Waals surface area contributed by atoms with Crippen LogP contribution in [0.15, 0.2) is 42.5 Å². The lowest BCUT2D eigenvalue weighted by molar-refractivity contribution is 0.0949. The predicted molar refractivity (Wildman–Crippen MR) is 91.3 cm³/mol. The highest BCUT2D eigenvalue weighted by Gasteiger charge is 2.23. The molecule has 0 radical (unpaired) electrons. The number of hydrogen-bond donors (Lipinski definition) is 2. The normalized spacial score (nSPS) is 13.5. The van der Waals surface area contributed by atoms with Crippen molar-refractivity contribution in [3.05, 3.63) is 63.6 Å². The van der Waals surface area contributed by atoms with E-state index in [1.807, 2.05) is 0 Å². The van der Waals surface area contributed by atoms with E-state index in [4.69, 9.17) is 23.2 Å². The number of nitrogens with one attached hydrogen (secondary N) is 2. The van der Waals surface area contributed by atoms with Gasteiger partial charge in [0.25, 0.3) is 11.8 Å². The largest absolute Gasteiger partial charge is 0.349 e. The summed E-state index contributed by atoms with van der Waals surface area (Å²) in [5.74, 6) is -0.413. The zero-order valence-corrected chi connectivity index (χ0v) is 13.6. The van der Waals surface area contributed by atoms with Crippen molar-refractivity contribution in [3.63, 3.8) is 0 Å². The van der Waals surface area contributed by atoms with Gasteiger partial charge in [-0.15, -0.1) is 0 Å². The van der Waals surface area contributed by atoms with Crippen LogP contribution in [0, 0.1) is 0 Å². The molecule has 1 fully saturated rings. The molecule has 2 aromatic rings. The Morgan fingerprint density at radius 3 is 2.09 bits per heavy atom. The van der Waals surface area contributed by atoms with Crippen molar-refractivity contribution in [3.8, 4) is 0 Å². The Morgan fingerprint density at radius 1 is 0.913 bits per heavy atom. The van der Waals surface area contributed by atoms with Crippen LogP contribution in [0.25, 0.3) is 0 Å². The molecule has 23 heavy (non-hydrogen) atoms. The average molecular weight is 349 g/mol. The van der Waals surface area contributed by atoms with Crippen molar-refractivity contribution in [1.82, 2.24) is 5.32 Å². The molecular weight excluding hydrogens is 335 g/mol. The molecule has 0 atom stereocenters. The fraction of sp³-hybridized carbons (Fsp3) is 0.176. The first-order valence-electron chi connectivity index (χ1n) is 7.20. The minimum absolute atomic E-state index is 0.111. The van der Waals surface area contributed by atoms with E-state index >= 15 is 0 Å². The van der Waals surface area contributed by atoms with Gasteiger partial charge in [-0.3, -0.25) is 9.59 Å². The summed E-state index contributed by atoms with van der Waals surface area (Å²) >= 11 is 11.9. The van der Waals surface area contributed by atoms with E-state index in [1.165, 1.54) is 0 Å². The second-order valence-electron chi connectivity index (χ2n) is 5.40. The van der Waals surface area contributed by atoms with Crippen LogP contribution >= 0.6 is 23.2 Å². The van der Waals surface area contributed by atoms with Gasteiger partial charge in [0.1, 0.15) is 0 Å². The third kappa shape index (κ3) is 4.03. The fourth-order valence-corrected chi connectivity index (χ4v) is 2.51.